The summed E-state index contributed by atoms with van der Waals surface area (Å²) in [5, 5.41) is 8.76. The van der Waals surface area contributed by atoms with Gasteiger partial charge in [0, 0.05) is 23.3 Å². The molecule has 2 aromatic carbocycles. The SMILES string of the molecule is CC(=O)Nc1ccc(NC(=O)Nc2cc(Cl)ccc2Cl)cc1. The van der Waals surface area contributed by atoms with E-state index >= 15 is 0 Å². The average Bonchev–Trinajstić information content (AvgIpc) is 2.44. The topological polar surface area (TPSA) is 70.2 Å². The van der Waals surface area contributed by atoms with Gasteiger partial charge in [-0.15, -0.1) is 0 Å². The van der Waals surface area contributed by atoms with Gasteiger partial charge in [0.2, 0.25) is 5.91 Å². The maximum atomic E-state index is 11.9. The van der Waals surface area contributed by atoms with Crippen molar-refractivity contribution in [3.8, 4) is 0 Å². The van der Waals surface area contributed by atoms with Gasteiger partial charge in [-0.1, -0.05) is 23.2 Å². The predicted molar refractivity (Wildman–Crippen MR) is 89.8 cm³/mol. The average molecular weight is 338 g/mol. The highest BCUT2D eigenvalue weighted by Gasteiger charge is 2.07. The fourth-order valence-corrected chi connectivity index (χ4v) is 2.06. The number of rotatable bonds is 3. The zero-order valence-corrected chi connectivity index (χ0v) is 13.1. The first kappa shape index (κ1) is 16.1. The lowest BCUT2D eigenvalue weighted by Gasteiger charge is -2.10. The molecule has 3 N–H and O–H groups in total. The minimum atomic E-state index is -0.448. The summed E-state index contributed by atoms with van der Waals surface area (Å²) in [6.45, 7) is 1.42. The van der Waals surface area contributed by atoms with Crippen molar-refractivity contribution < 1.29 is 9.59 Å². The Kier molecular flexibility index (Phi) is 5.25. The summed E-state index contributed by atoms with van der Waals surface area (Å²) in [5.74, 6) is -0.158. The summed E-state index contributed by atoms with van der Waals surface area (Å²) in [7, 11) is 0. The second-order valence-corrected chi connectivity index (χ2v) is 5.31. The van der Waals surface area contributed by atoms with E-state index in [1.165, 1.54) is 6.92 Å². The molecule has 5 nitrogen and oxygen atoms in total. The number of nitrogens with one attached hydrogen (secondary N) is 3. The van der Waals surface area contributed by atoms with Crippen molar-refractivity contribution in [1.29, 1.82) is 0 Å². The number of anilines is 3. The molecule has 0 aliphatic heterocycles. The molecule has 0 aliphatic rings. The summed E-state index contributed by atoms with van der Waals surface area (Å²) in [5.41, 5.74) is 1.64. The minimum absolute atomic E-state index is 0.158. The van der Waals surface area contributed by atoms with E-state index in [-0.39, 0.29) is 5.91 Å². The fraction of sp³-hybridized carbons (Fsp3) is 0.0667. The fourth-order valence-electron chi connectivity index (χ4n) is 1.72. The number of hydrogen-bond acceptors (Lipinski definition) is 2. The monoisotopic (exact) mass is 337 g/mol. The first-order valence-electron chi connectivity index (χ1n) is 6.35. The van der Waals surface area contributed by atoms with Gasteiger partial charge in [0.15, 0.2) is 0 Å². The van der Waals surface area contributed by atoms with Gasteiger partial charge in [-0.05, 0) is 42.5 Å². The third-order valence-electron chi connectivity index (χ3n) is 2.64. The largest absolute Gasteiger partial charge is 0.326 e. The van der Waals surface area contributed by atoms with Crippen molar-refractivity contribution in [2.45, 2.75) is 6.92 Å². The predicted octanol–water partition coefficient (Wildman–Crippen LogP) is 4.60. The van der Waals surface area contributed by atoms with Crippen LogP contribution in [0.15, 0.2) is 42.5 Å². The second-order valence-electron chi connectivity index (χ2n) is 4.46. The Bertz CT molecular complexity index is 702. The number of halogens is 2. The van der Waals surface area contributed by atoms with E-state index in [9.17, 15) is 9.59 Å². The van der Waals surface area contributed by atoms with Gasteiger partial charge in [-0.2, -0.15) is 0 Å². The molecule has 0 aromatic heterocycles. The molecule has 0 aliphatic carbocycles. The zero-order valence-electron chi connectivity index (χ0n) is 11.6. The van der Waals surface area contributed by atoms with E-state index in [0.29, 0.717) is 27.1 Å². The quantitative estimate of drug-likeness (QED) is 0.766. The highest BCUT2D eigenvalue weighted by atomic mass is 35.5. The van der Waals surface area contributed by atoms with E-state index < -0.39 is 6.03 Å². The molecule has 22 heavy (non-hydrogen) atoms. The van der Waals surface area contributed by atoms with Crippen LogP contribution in [0.2, 0.25) is 10.0 Å². The van der Waals surface area contributed by atoms with E-state index in [0.717, 1.165) is 0 Å². The summed E-state index contributed by atoms with van der Waals surface area (Å²) < 4.78 is 0. The molecule has 7 heteroatoms. The molecule has 0 saturated heterocycles. The van der Waals surface area contributed by atoms with Crippen LogP contribution >= 0.6 is 23.2 Å². The Balaban J connectivity index is 1.99. The summed E-state index contributed by atoms with van der Waals surface area (Å²) in [6, 6.07) is 11.1. The van der Waals surface area contributed by atoms with Crippen molar-refractivity contribution in [3.63, 3.8) is 0 Å². The number of amides is 3. The number of carbonyl (C=O) groups is 2. The summed E-state index contributed by atoms with van der Waals surface area (Å²) >= 11 is 11.8. The normalized spacial score (nSPS) is 9.95. The molecule has 0 radical (unpaired) electrons. The van der Waals surface area contributed by atoms with Gasteiger partial charge >= 0.3 is 6.03 Å². The minimum Gasteiger partial charge on any atom is -0.326 e. The Morgan fingerprint density at radius 1 is 0.864 bits per heavy atom. The van der Waals surface area contributed by atoms with Crippen LogP contribution in [-0.4, -0.2) is 11.9 Å². The Labute approximate surface area is 137 Å². The molecule has 2 aromatic rings. The second kappa shape index (κ2) is 7.15. The number of urea groups is 1. The van der Waals surface area contributed by atoms with Crippen LogP contribution in [-0.2, 0) is 4.79 Å². The van der Waals surface area contributed by atoms with E-state index in [1.807, 2.05) is 0 Å². The lowest BCUT2D eigenvalue weighted by Crippen LogP contribution is -2.19. The number of hydrogen-bond donors (Lipinski definition) is 3. The van der Waals surface area contributed by atoms with Crippen molar-refractivity contribution in [3.05, 3.63) is 52.5 Å². The molecule has 3 amide bonds. The van der Waals surface area contributed by atoms with Gasteiger partial charge in [0.25, 0.3) is 0 Å². The Hall–Kier alpha value is -2.24. The third-order valence-corrected chi connectivity index (χ3v) is 3.20. The van der Waals surface area contributed by atoms with Crippen LogP contribution in [0.4, 0.5) is 21.9 Å². The third kappa shape index (κ3) is 4.65. The van der Waals surface area contributed by atoms with Crippen LogP contribution in [0.1, 0.15) is 6.92 Å². The van der Waals surface area contributed by atoms with E-state index in [1.54, 1.807) is 42.5 Å². The van der Waals surface area contributed by atoms with Crippen molar-refractivity contribution in [1.82, 2.24) is 0 Å². The van der Waals surface area contributed by atoms with Crippen molar-refractivity contribution in [2.75, 3.05) is 16.0 Å². The number of carbonyl (C=O) groups excluding carboxylic acids is 2. The van der Waals surface area contributed by atoms with Crippen LogP contribution in [0.3, 0.4) is 0 Å². The molecule has 0 fully saturated rings. The first-order valence-corrected chi connectivity index (χ1v) is 7.10. The van der Waals surface area contributed by atoms with E-state index in [4.69, 9.17) is 23.2 Å². The molecule has 0 spiro atoms. The van der Waals surface area contributed by atoms with Crippen molar-refractivity contribution >= 4 is 52.2 Å². The summed E-state index contributed by atoms with van der Waals surface area (Å²) in [4.78, 5) is 22.8. The smallest absolute Gasteiger partial charge is 0.323 e. The molecular weight excluding hydrogens is 325 g/mol. The Morgan fingerprint density at radius 3 is 2.05 bits per heavy atom. The molecule has 0 atom stereocenters. The first-order chi connectivity index (χ1) is 10.4. The lowest BCUT2D eigenvalue weighted by molar-refractivity contribution is -0.114. The highest BCUT2D eigenvalue weighted by Crippen LogP contribution is 2.25. The molecule has 0 bridgehead atoms. The zero-order chi connectivity index (χ0) is 16.1. The lowest BCUT2D eigenvalue weighted by atomic mass is 10.3. The van der Waals surface area contributed by atoms with Gasteiger partial charge < -0.3 is 16.0 Å². The standard InChI is InChI=1S/C15H13Cl2N3O2/c1-9(21)18-11-3-5-12(6-4-11)19-15(22)20-14-8-10(16)2-7-13(14)17/h2-8H,1H3,(H,18,21)(H2,19,20,22). The molecule has 2 rings (SSSR count). The molecule has 0 saturated carbocycles. The van der Waals surface area contributed by atoms with E-state index in [2.05, 4.69) is 16.0 Å². The van der Waals surface area contributed by atoms with Crippen LogP contribution in [0.5, 0.6) is 0 Å². The van der Waals surface area contributed by atoms with Crippen LogP contribution in [0, 0.1) is 0 Å². The molecule has 0 unspecified atom stereocenters. The maximum absolute atomic E-state index is 11.9. The van der Waals surface area contributed by atoms with Crippen molar-refractivity contribution in [2.24, 2.45) is 0 Å². The van der Waals surface area contributed by atoms with Gasteiger partial charge in [-0.25, -0.2) is 4.79 Å². The van der Waals surface area contributed by atoms with Gasteiger partial charge in [0.05, 0.1) is 10.7 Å². The van der Waals surface area contributed by atoms with Crippen LogP contribution in [0.25, 0.3) is 0 Å². The maximum Gasteiger partial charge on any atom is 0.323 e. The molecular formula is C15H13Cl2N3O2. The Morgan fingerprint density at radius 2 is 1.45 bits per heavy atom. The van der Waals surface area contributed by atoms with Crippen LogP contribution < -0.4 is 16.0 Å². The molecule has 114 valence electrons. The summed E-state index contributed by atoms with van der Waals surface area (Å²) in [6.07, 6.45) is 0. The molecule has 0 heterocycles. The van der Waals surface area contributed by atoms with Gasteiger partial charge in [0.1, 0.15) is 0 Å². The van der Waals surface area contributed by atoms with Gasteiger partial charge in [-0.3, -0.25) is 4.79 Å². The number of benzene rings is 2. The highest BCUT2D eigenvalue weighted by molar-refractivity contribution is 6.35.